The quantitative estimate of drug-likeness (QED) is 0.842. The SMILES string of the molecule is CCC(C)C1NC(C(C)C)N(C2CCCC2OC)C1=O. The molecule has 1 N–H and O–H groups in total. The molecule has 5 atom stereocenters. The number of hydrogen-bond donors (Lipinski definition) is 1. The van der Waals surface area contributed by atoms with Gasteiger partial charge in [0.25, 0.3) is 0 Å². The summed E-state index contributed by atoms with van der Waals surface area (Å²) in [6, 6.07) is 0.229. The van der Waals surface area contributed by atoms with E-state index in [4.69, 9.17) is 4.74 Å². The second kappa shape index (κ2) is 6.44. The van der Waals surface area contributed by atoms with E-state index in [2.05, 4.69) is 37.9 Å². The fourth-order valence-electron chi connectivity index (χ4n) is 3.66. The largest absolute Gasteiger partial charge is 0.379 e. The van der Waals surface area contributed by atoms with Crippen molar-refractivity contribution in [1.82, 2.24) is 10.2 Å². The van der Waals surface area contributed by atoms with Crippen LogP contribution in [0.4, 0.5) is 0 Å². The standard InChI is InChI=1S/C16H30N2O2/c1-6-11(4)14-16(19)18(15(17-14)10(2)3)12-8-7-9-13(12)20-5/h10-15,17H,6-9H2,1-5H3. The minimum atomic E-state index is -0.0227. The molecule has 5 unspecified atom stereocenters. The number of nitrogens with one attached hydrogen (secondary N) is 1. The summed E-state index contributed by atoms with van der Waals surface area (Å²) >= 11 is 0. The molecule has 0 aromatic rings. The molecule has 0 spiro atoms. The molecular weight excluding hydrogens is 252 g/mol. The molecule has 116 valence electrons. The number of carbonyl (C=O) groups is 1. The number of amides is 1. The molecule has 4 nitrogen and oxygen atoms in total. The van der Waals surface area contributed by atoms with E-state index in [1.807, 2.05) is 0 Å². The number of rotatable bonds is 5. The number of nitrogens with zero attached hydrogens (tertiary/aromatic N) is 1. The Hall–Kier alpha value is -0.610. The van der Waals surface area contributed by atoms with Gasteiger partial charge in [-0.1, -0.05) is 34.1 Å². The Morgan fingerprint density at radius 1 is 1.35 bits per heavy atom. The lowest BCUT2D eigenvalue weighted by atomic mass is 9.99. The summed E-state index contributed by atoms with van der Waals surface area (Å²) in [6.45, 7) is 8.69. The molecule has 1 saturated heterocycles. The smallest absolute Gasteiger partial charge is 0.241 e. The van der Waals surface area contributed by atoms with Crippen molar-refractivity contribution in [3.63, 3.8) is 0 Å². The van der Waals surface area contributed by atoms with Gasteiger partial charge in [0.2, 0.25) is 5.91 Å². The average molecular weight is 282 g/mol. The summed E-state index contributed by atoms with van der Waals surface area (Å²) in [6.07, 6.45) is 4.69. The Balaban J connectivity index is 2.21. The van der Waals surface area contributed by atoms with Crippen molar-refractivity contribution in [1.29, 1.82) is 0 Å². The Morgan fingerprint density at radius 3 is 2.60 bits per heavy atom. The summed E-state index contributed by atoms with van der Waals surface area (Å²) in [5.41, 5.74) is 0. The van der Waals surface area contributed by atoms with E-state index in [1.54, 1.807) is 7.11 Å². The maximum absolute atomic E-state index is 12.9. The molecule has 1 saturated carbocycles. The lowest BCUT2D eigenvalue weighted by Gasteiger charge is -2.35. The van der Waals surface area contributed by atoms with Gasteiger partial charge in [0.05, 0.1) is 24.4 Å². The van der Waals surface area contributed by atoms with Gasteiger partial charge in [-0.15, -0.1) is 0 Å². The van der Waals surface area contributed by atoms with E-state index in [-0.39, 0.29) is 30.3 Å². The third-order valence-corrected chi connectivity index (χ3v) is 5.09. The minimum Gasteiger partial charge on any atom is -0.379 e. The molecule has 0 radical (unpaired) electrons. The van der Waals surface area contributed by atoms with Gasteiger partial charge in [-0.05, 0) is 31.1 Å². The Kier molecular flexibility index (Phi) is 5.08. The molecule has 1 heterocycles. The summed E-state index contributed by atoms with van der Waals surface area (Å²) < 4.78 is 5.61. The molecule has 2 fully saturated rings. The Bertz CT molecular complexity index is 345. The molecule has 20 heavy (non-hydrogen) atoms. The van der Waals surface area contributed by atoms with Gasteiger partial charge in [-0.3, -0.25) is 10.1 Å². The summed E-state index contributed by atoms with van der Waals surface area (Å²) in [5, 5.41) is 3.58. The van der Waals surface area contributed by atoms with Crippen molar-refractivity contribution in [2.24, 2.45) is 11.8 Å². The van der Waals surface area contributed by atoms with Gasteiger partial charge in [-0.25, -0.2) is 0 Å². The van der Waals surface area contributed by atoms with Gasteiger partial charge in [0.1, 0.15) is 0 Å². The first-order chi connectivity index (χ1) is 9.51. The number of methoxy groups -OCH3 is 1. The Morgan fingerprint density at radius 2 is 2.05 bits per heavy atom. The van der Waals surface area contributed by atoms with Crippen molar-refractivity contribution >= 4 is 5.91 Å². The fourth-order valence-corrected chi connectivity index (χ4v) is 3.66. The topological polar surface area (TPSA) is 41.6 Å². The van der Waals surface area contributed by atoms with Gasteiger partial charge in [-0.2, -0.15) is 0 Å². The Labute approximate surface area is 123 Å². The first-order valence-electron chi connectivity index (χ1n) is 8.12. The monoisotopic (exact) mass is 282 g/mol. The molecule has 0 bridgehead atoms. The second-order valence-corrected chi connectivity index (χ2v) is 6.74. The van der Waals surface area contributed by atoms with Crippen LogP contribution in [0.2, 0.25) is 0 Å². The zero-order valence-electron chi connectivity index (χ0n) is 13.6. The van der Waals surface area contributed by atoms with Gasteiger partial charge < -0.3 is 9.64 Å². The lowest BCUT2D eigenvalue weighted by Crippen LogP contribution is -2.50. The van der Waals surface area contributed by atoms with Crippen LogP contribution >= 0.6 is 0 Å². The van der Waals surface area contributed by atoms with E-state index in [0.717, 1.165) is 25.7 Å². The van der Waals surface area contributed by atoms with Crippen LogP contribution in [0.3, 0.4) is 0 Å². The molecule has 1 aliphatic carbocycles. The molecule has 2 aliphatic rings. The van der Waals surface area contributed by atoms with Crippen molar-refractivity contribution in [2.75, 3.05) is 7.11 Å². The minimum absolute atomic E-state index is 0.0227. The highest BCUT2D eigenvalue weighted by Crippen LogP contribution is 2.33. The van der Waals surface area contributed by atoms with Crippen LogP contribution in [0.1, 0.15) is 53.4 Å². The summed E-state index contributed by atoms with van der Waals surface area (Å²) in [4.78, 5) is 15.0. The molecule has 2 rings (SSSR count). The predicted molar refractivity (Wildman–Crippen MR) is 80.3 cm³/mol. The predicted octanol–water partition coefficient (Wildman–Crippen LogP) is 2.38. The highest BCUT2D eigenvalue weighted by Gasteiger charge is 2.48. The van der Waals surface area contributed by atoms with Crippen LogP contribution in [0.15, 0.2) is 0 Å². The van der Waals surface area contributed by atoms with Crippen molar-refractivity contribution < 1.29 is 9.53 Å². The fraction of sp³-hybridized carbons (Fsp3) is 0.938. The van der Waals surface area contributed by atoms with Crippen LogP contribution in [0.25, 0.3) is 0 Å². The normalized spacial score (nSPS) is 36.1. The van der Waals surface area contributed by atoms with E-state index in [9.17, 15) is 4.79 Å². The highest BCUT2D eigenvalue weighted by molar-refractivity contribution is 5.85. The van der Waals surface area contributed by atoms with Gasteiger partial charge in [0.15, 0.2) is 0 Å². The third kappa shape index (κ3) is 2.73. The highest BCUT2D eigenvalue weighted by atomic mass is 16.5. The van der Waals surface area contributed by atoms with Crippen LogP contribution in [0.5, 0.6) is 0 Å². The zero-order valence-corrected chi connectivity index (χ0v) is 13.6. The van der Waals surface area contributed by atoms with Crippen molar-refractivity contribution in [2.45, 2.75) is 77.7 Å². The molecule has 0 aromatic heterocycles. The summed E-state index contributed by atoms with van der Waals surface area (Å²) in [7, 11) is 1.77. The third-order valence-electron chi connectivity index (χ3n) is 5.09. The lowest BCUT2D eigenvalue weighted by molar-refractivity contribution is -0.136. The van der Waals surface area contributed by atoms with Crippen LogP contribution in [-0.2, 0) is 9.53 Å². The number of carbonyl (C=O) groups excluding carboxylic acids is 1. The first kappa shape index (κ1) is 15.8. The van der Waals surface area contributed by atoms with E-state index in [0.29, 0.717) is 11.8 Å². The number of ether oxygens (including phenoxy) is 1. The maximum atomic E-state index is 12.9. The van der Waals surface area contributed by atoms with Crippen molar-refractivity contribution in [3.8, 4) is 0 Å². The molecule has 1 amide bonds. The van der Waals surface area contributed by atoms with Gasteiger partial charge in [0, 0.05) is 7.11 Å². The van der Waals surface area contributed by atoms with Crippen LogP contribution < -0.4 is 5.32 Å². The maximum Gasteiger partial charge on any atom is 0.241 e. The molecule has 4 heteroatoms. The zero-order chi connectivity index (χ0) is 14.9. The molecular formula is C16H30N2O2. The first-order valence-corrected chi connectivity index (χ1v) is 8.12. The van der Waals surface area contributed by atoms with Crippen LogP contribution in [0, 0.1) is 11.8 Å². The number of hydrogen-bond acceptors (Lipinski definition) is 3. The van der Waals surface area contributed by atoms with Crippen molar-refractivity contribution in [3.05, 3.63) is 0 Å². The van der Waals surface area contributed by atoms with E-state index < -0.39 is 0 Å². The molecule has 0 aromatic carbocycles. The van der Waals surface area contributed by atoms with Gasteiger partial charge >= 0.3 is 0 Å². The van der Waals surface area contributed by atoms with E-state index in [1.165, 1.54) is 0 Å². The average Bonchev–Trinajstić information content (AvgIpc) is 3.01. The van der Waals surface area contributed by atoms with Crippen LogP contribution in [-0.4, -0.2) is 42.3 Å². The second-order valence-electron chi connectivity index (χ2n) is 6.74. The molecule has 1 aliphatic heterocycles. The van der Waals surface area contributed by atoms with E-state index >= 15 is 0 Å². The summed E-state index contributed by atoms with van der Waals surface area (Å²) in [5.74, 6) is 1.09.